The maximum atomic E-state index is 12.2. The van der Waals surface area contributed by atoms with Crippen LogP contribution in [0.3, 0.4) is 0 Å². The molecule has 0 bridgehead atoms. The Hall–Kier alpha value is -1.71. The average molecular weight is 261 g/mol. The third-order valence-corrected chi connectivity index (χ3v) is 3.49. The van der Waals surface area contributed by atoms with E-state index in [1.165, 1.54) is 0 Å². The van der Waals surface area contributed by atoms with Crippen LogP contribution in [0, 0.1) is 5.41 Å². The van der Waals surface area contributed by atoms with Gasteiger partial charge in [0.2, 0.25) is 5.91 Å². The van der Waals surface area contributed by atoms with Crippen LogP contribution < -0.4 is 10.6 Å². The third-order valence-electron chi connectivity index (χ3n) is 3.49. The highest BCUT2D eigenvalue weighted by Gasteiger charge is 2.29. The third kappa shape index (κ3) is 3.00. The molecule has 0 radical (unpaired) electrons. The van der Waals surface area contributed by atoms with E-state index in [-0.39, 0.29) is 11.3 Å². The zero-order valence-corrected chi connectivity index (χ0v) is 12.0. The van der Waals surface area contributed by atoms with Gasteiger partial charge < -0.3 is 15.5 Å². The number of nitrogens with zero attached hydrogens (tertiary/aromatic N) is 2. The van der Waals surface area contributed by atoms with Crippen LogP contribution in [0.1, 0.15) is 20.8 Å². The number of piperazine rings is 1. The number of hydrogen-bond acceptors (Lipinski definition) is 3. The van der Waals surface area contributed by atoms with Crippen molar-refractivity contribution in [3.05, 3.63) is 24.3 Å². The van der Waals surface area contributed by atoms with Crippen molar-refractivity contribution in [2.75, 3.05) is 36.8 Å². The first-order chi connectivity index (χ1) is 8.89. The van der Waals surface area contributed by atoms with Crippen molar-refractivity contribution in [3.63, 3.8) is 0 Å². The number of carbonyl (C=O) groups is 1. The molecule has 0 atom stereocenters. The van der Waals surface area contributed by atoms with E-state index in [9.17, 15) is 4.79 Å². The summed E-state index contributed by atoms with van der Waals surface area (Å²) >= 11 is 0. The minimum absolute atomic E-state index is 0.230. The fraction of sp³-hybridized carbons (Fsp3) is 0.533. The number of para-hydroxylation sites is 2. The molecule has 1 heterocycles. The summed E-state index contributed by atoms with van der Waals surface area (Å²) in [5.74, 6) is 0.230. The Morgan fingerprint density at radius 1 is 1.11 bits per heavy atom. The number of hydrogen-bond donors (Lipinski definition) is 1. The smallest absolute Gasteiger partial charge is 0.228 e. The van der Waals surface area contributed by atoms with Crippen LogP contribution in [0.5, 0.6) is 0 Å². The molecule has 4 heteroatoms. The van der Waals surface area contributed by atoms with Crippen molar-refractivity contribution in [1.29, 1.82) is 0 Å². The van der Waals surface area contributed by atoms with Crippen LogP contribution in [-0.4, -0.2) is 37.0 Å². The maximum absolute atomic E-state index is 12.2. The van der Waals surface area contributed by atoms with Crippen molar-refractivity contribution in [2.24, 2.45) is 5.41 Å². The van der Waals surface area contributed by atoms with Gasteiger partial charge in [-0.2, -0.15) is 0 Å². The standard InChI is InChI=1S/C15H23N3O/c1-15(2,3)14(19)18-10-8-17(9-11-18)13-7-5-4-6-12(13)16/h4-7H,8-11,16H2,1-3H3. The van der Waals surface area contributed by atoms with Crippen LogP contribution in [0.25, 0.3) is 0 Å². The van der Waals surface area contributed by atoms with E-state index < -0.39 is 0 Å². The van der Waals surface area contributed by atoms with Crippen molar-refractivity contribution in [1.82, 2.24) is 4.90 Å². The molecule has 4 nitrogen and oxygen atoms in total. The largest absolute Gasteiger partial charge is 0.397 e. The number of amides is 1. The highest BCUT2D eigenvalue weighted by molar-refractivity contribution is 5.82. The molecule has 19 heavy (non-hydrogen) atoms. The van der Waals surface area contributed by atoms with Gasteiger partial charge in [0.05, 0.1) is 11.4 Å². The summed E-state index contributed by atoms with van der Waals surface area (Å²) in [4.78, 5) is 16.4. The van der Waals surface area contributed by atoms with Gasteiger partial charge in [-0.3, -0.25) is 4.79 Å². The Morgan fingerprint density at radius 2 is 1.68 bits per heavy atom. The van der Waals surface area contributed by atoms with E-state index in [2.05, 4.69) is 4.90 Å². The van der Waals surface area contributed by atoms with Crippen molar-refractivity contribution in [3.8, 4) is 0 Å². The Kier molecular flexibility index (Phi) is 3.69. The van der Waals surface area contributed by atoms with E-state index >= 15 is 0 Å². The quantitative estimate of drug-likeness (QED) is 0.786. The second-order valence-electron chi connectivity index (χ2n) is 6.09. The van der Waals surface area contributed by atoms with Gasteiger partial charge >= 0.3 is 0 Å². The van der Waals surface area contributed by atoms with Gasteiger partial charge in [0.1, 0.15) is 0 Å². The van der Waals surface area contributed by atoms with Gasteiger partial charge in [-0.15, -0.1) is 0 Å². The predicted octanol–water partition coefficient (Wildman–Crippen LogP) is 1.96. The molecule has 1 fully saturated rings. The van der Waals surface area contributed by atoms with E-state index in [1.807, 2.05) is 49.9 Å². The molecule has 1 saturated heterocycles. The van der Waals surface area contributed by atoms with Crippen molar-refractivity contribution >= 4 is 17.3 Å². The summed E-state index contributed by atoms with van der Waals surface area (Å²) < 4.78 is 0. The van der Waals surface area contributed by atoms with E-state index in [0.29, 0.717) is 0 Å². The summed E-state index contributed by atoms with van der Waals surface area (Å²) in [6.45, 7) is 9.13. The second-order valence-corrected chi connectivity index (χ2v) is 6.09. The second kappa shape index (κ2) is 5.11. The number of anilines is 2. The molecule has 2 rings (SSSR count). The molecular weight excluding hydrogens is 238 g/mol. The van der Waals surface area contributed by atoms with Crippen molar-refractivity contribution in [2.45, 2.75) is 20.8 Å². The molecular formula is C15H23N3O. The number of benzene rings is 1. The van der Waals surface area contributed by atoms with Crippen LogP contribution >= 0.6 is 0 Å². The van der Waals surface area contributed by atoms with Gasteiger partial charge in [0.15, 0.2) is 0 Å². The number of nitrogens with two attached hydrogens (primary N) is 1. The Balaban J connectivity index is 2.00. The normalized spacial score (nSPS) is 16.6. The lowest BCUT2D eigenvalue weighted by Gasteiger charge is -2.39. The number of carbonyl (C=O) groups excluding carboxylic acids is 1. The van der Waals surface area contributed by atoms with Gasteiger partial charge in [0, 0.05) is 31.6 Å². The molecule has 0 aliphatic carbocycles. The highest BCUT2D eigenvalue weighted by Crippen LogP contribution is 2.25. The minimum Gasteiger partial charge on any atom is -0.397 e. The summed E-state index contributed by atoms with van der Waals surface area (Å²) in [7, 11) is 0. The first-order valence-electron chi connectivity index (χ1n) is 6.78. The van der Waals surface area contributed by atoms with E-state index in [0.717, 1.165) is 37.6 Å². The molecule has 0 unspecified atom stereocenters. The van der Waals surface area contributed by atoms with Crippen molar-refractivity contribution < 1.29 is 4.79 Å². The number of rotatable bonds is 1. The fourth-order valence-electron chi connectivity index (χ4n) is 2.40. The minimum atomic E-state index is -0.298. The molecule has 1 aromatic rings. The molecule has 104 valence electrons. The lowest BCUT2D eigenvalue weighted by molar-refractivity contribution is -0.139. The monoisotopic (exact) mass is 261 g/mol. The molecule has 2 N–H and O–H groups in total. The average Bonchev–Trinajstić information content (AvgIpc) is 2.38. The first kappa shape index (κ1) is 13.7. The van der Waals surface area contributed by atoms with Crippen LogP contribution in [-0.2, 0) is 4.79 Å². The zero-order chi connectivity index (χ0) is 14.0. The van der Waals surface area contributed by atoms with Gasteiger partial charge in [0.25, 0.3) is 0 Å². The summed E-state index contributed by atoms with van der Waals surface area (Å²) in [6.07, 6.45) is 0. The van der Waals surface area contributed by atoms with Crippen LogP contribution in [0.4, 0.5) is 11.4 Å². The summed E-state index contributed by atoms with van der Waals surface area (Å²) in [6, 6.07) is 7.90. The van der Waals surface area contributed by atoms with Crippen LogP contribution in [0.2, 0.25) is 0 Å². The molecule has 1 amide bonds. The first-order valence-corrected chi connectivity index (χ1v) is 6.78. The molecule has 1 aliphatic heterocycles. The predicted molar refractivity (Wildman–Crippen MR) is 79.1 cm³/mol. The fourth-order valence-corrected chi connectivity index (χ4v) is 2.40. The van der Waals surface area contributed by atoms with Gasteiger partial charge in [-0.05, 0) is 12.1 Å². The molecule has 1 aromatic carbocycles. The summed E-state index contributed by atoms with van der Waals surface area (Å²) in [5, 5.41) is 0. The summed E-state index contributed by atoms with van der Waals surface area (Å²) in [5.41, 5.74) is 7.57. The van der Waals surface area contributed by atoms with Crippen LogP contribution in [0.15, 0.2) is 24.3 Å². The Bertz CT molecular complexity index is 457. The molecule has 1 aliphatic rings. The lowest BCUT2D eigenvalue weighted by Crippen LogP contribution is -2.51. The zero-order valence-electron chi connectivity index (χ0n) is 12.0. The molecule has 0 aromatic heterocycles. The maximum Gasteiger partial charge on any atom is 0.228 e. The Labute approximate surface area is 115 Å². The lowest BCUT2D eigenvalue weighted by atomic mass is 9.94. The van der Waals surface area contributed by atoms with E-state index in [1.54, 1.807) is 0 Å². The highest BCUT2D eigenvalue weighted by atomic mass is 16.2. The Morgan fingerprint density at radius 3 is 2.21 bits per heavy atom. The van der Waals surface area contributed by atoms with Gasteiger partial charge in [-0.25, -0.2) is 0 Å². The molecule has 0 spiro atoms. The topological polar surface area (TPSA) is 49.6 Å². The van der Waals surface area contributed by atoms with Gasteiger partial charge in [-0.1, -0.05) is 32.9 Å². The SMILES string of the molecule is CC(C)(C)C(=O)N1CCN(c2ccccc2N)CC1. The number of nitrogen functional groups attached to an aromatic ring is 1. The van der Waals surface area contributed by atoms with E-state index in [4.69, 9.17) is 5.73 Å². The molecule has 0 saturated carbocycles.